The van der Waals surface area contributed by atoms with Crippen molar-refractivity contribution in [1.82, 2.24) is 14.9 Å². The zero-order chi connectivity index (χ0) is 18.5. The van der Waals surface area contributed by atoms with Gasteiger partial charge in [-0.3, -0.25) is 9.69 Å². The van der Waals surface area contributed by atoms with E-state index in [1.54, 1.807) is 0 Å². The van der Waals surface area contributed by atoms with Crippen molar-refractivity contribution in [2.75, 3.05) is 19.3 Å². The van der Waals surface area contributed by atoms with Gasteiger partial charge >= 0.3 is 0 Å². The van der Waals surface area contributed by atoms with Crippen LogP contribution in [0.25, 0.3) is 0 Å². The van der Waals surface area contributed by atoms with Crippen LogP contribution in [0.5, 0.6) is 0 Å². The summed E-state index contributed by atoms with van der Waals surface area (Å²) in [4.78, 5) is 15.2. The lowest BCUT2D eigenvalue weighted by molar-refractivity contribution is -0.132. The number of amides is 1. The normalized spacial score (nSPS) is 39.1. The Morgan fingerprint density at radius 1 is 1.04 bits per heavy atom. The summed E-state index contributed by atoms with van der Waals surface area (Å²) in [5.74, 6) is 2.65. The molecule has 4 saturated carbocycles. The maximum absolute atomic E-state index is 13.0. The van der Waals surface area contributed by atoms with E-state index >= 15 is 0 Å². The molecular formula is C19H33N3O3S. The number of rotatable bonds is 5. The minimum absolute atomic E-state index is 0.000311. The van der Waals surface area contributed by atoms with Crippen LogP contribution in [-0.2, 0) is 14.8 Å². The van der Waals surface area contributed by atoms with E-state index in [0.29, 0.717) is 0 Å². The van der Waals surface area contributed by atoms with Gasteiger partial charge in [-0.25, -0.2) is 13.1 Å². The summed E-state index contributed by atoms with van der Waals surface area (Å²) >= 11 is 0. The first-order chi connectivity index (χ1) is 12.2. The highest BCUT2D eigenvalue weighted by Crippen LogP contribution is 2.55. The van der Waals surface area contributed by atoms with Gasteiger partial charge in [0.2, 0.25) is 15.9 Å². The molecule has 4 bridgehead atoms. The molecule has 148 valence electrons. The van der Waals surface area contributed by atoms with Crippen LogP contribution in [0.2, 0.25) is 0 Å². The zero-order valence-electron chi connectivity index (χ0n) is 16.0. The van der Waals surface area contributed by atoms with Crippen LogP contribution in [0.15, 0.2) is 0 Å². The molecule has 1 saturated heterocycles. The molecule has 1 atom stereocenters. The summed E-state index contributed by atoms with van der Waals surface area (Å²) < 4.78 is 25.5. The molecule has 5 aliphatic rings. The Morgan fingerprint density at radius 2 is 1.54 bits per heavy atom. The van der Waals surface area contributed by atoms with Crippen molar-refractivity contribution < 1.29 is 13.2 Å². The van der Waals surface area contributed by atoms with Gasteiger partial charge in [-0.15, -0.1) is 0 Å². The average molecular weight is 384 g/mol. The number of hydrogen-bond donors (Lipinski definition) is 2. The van der Waals surface area contributed by atoms with Crippen LogP contribution in [0.1, 0.15) is 58.3 Å². The third-order valence-electron chi connectivity index (χ3n) is 7.26. The number of piperidine rings is 1. The SMILES string of the molecule is CC(C(=O)NC12CC3CC(CC(C3)C1)C2)N1CCC(NS(C)(=O)=O)CC1. The van der Waals surface area contributed by atoms with Crippen molar-refractivity contribution in [3.63, 3.8) is 0 Å². The van der Waals surface area contributed by atoms with Crippen molar-refractivity contribution in [2.24, 2.45) is 17.8 Å². The van der Waals surface area contributed by atoms with Gasteiger partial charge in [-0.05, 0) is 76.0 Å². The second kappa shape index (κ2) is 6.74. The maximum Gasteiger partial charge on any atom is 0.237 e. The molecule has 4 aliphatic carbocycles. The lowest BCUT2D eigenvalue weighted by Gasteiger charge is -2.57. The number of nitrogens with one attached hydrogen (secondary N) is 2. The first kappa shape index (κ1) is 18.7. The fourth-order valence-electron chi connectivity index (χ4n) is 6.50. The molecule has 26 heavy (non-hydrogen) atoms. The van der Waals surface area contributed by atoms with Gasteiger partial charge < -0.3 is 5.32 Å². The van der Waals surface area contributed by atoms with Crippen molar-refractivity contribution >= 4 is 15.9 Å². The molecule has 2 N–H and O–H groups in total. The molecule has 0 aromatic carbocycles. The van der Waals surface area contributed by atoms with Crippen molar-refractivity contribution in [3.8, 4) is 0 Å². The molecule has 1 aliphatic heterocycles. The van der Waals surface area contributed by atoms with E-state index in [1.165, 1.54) is 44.8 Å². The zero-order valence-corrected chi connectivity index (χ0v) is 16.9. The van der Waals surface area contributed by atoms with E-state index < -0.39 is 10.0 Å². The van der Waals surface area contributed by atoms with E-state index in [9.17, 15) is 13.2 Å². The molecule has 1 heterocycles. The molecule has 0 radical (unpaired) electrons. The number of sulfonamides is 1. The average Bonchev–Trinajstić information content (AvgIpc) is 2.51. The Hall–Kier alpha value is -0.660. The molecule has 0 aromatic heterocycles. The molecule has 1 amide bonds. The van der Waals surface area contributed by atoms with E-state index in [4.69, 9.17) is 0 Å². The van der Waals surface area contributed by atoms with Crippen LogP contribution in [0, 0.1) is 17.8 Å². The van der Waals surface area contributed by atoms with Gasteiger partial charge in [0.05, 0.1) is 12.3 Å². The molecule has 5 fully saturated rings. The van der Waals surface area contributed by atoms with Gasteiger partial charge in [-0.2, -0.15) is 0 Å². The third-order valence-corrected chi connectivity index (χ3v) is 8.03. The Bertz CT molecular complexity index is 620. The highest BCUT2D eigenvalue weighted by Gasteiger charge is 2.51. The molecule has 0 aromatic rings. The van der Waals surface area contributed by atoms with E-state index in [1.807, 2.05) is 6.92 Å². The van der Waals surface area contributed by atoms with Crippen molar-refractivity contribution in [2.45, 2.75) is 75.9 Å². The quantitative estimate of drug-likeness (QED) is 0.754. The topological polar surface area (TPSA) is 78.5 Å². The summed E-state index contributed by atoms with van der Waals surface area (Å²) in [6.07, 6.45) is 10.4. The second-order valence-electron chi connectivity index (χ2n) is 9.56. The number of nitrogens with zero attached hydrogens (tertiary/aromatic N) is 1. The van der Waals surface area contributed by atoms with E-state index in [-0.39, 0.29) is 23.5 Å². The van der Waals surface area contributed by atoms with Gasteiger partial charge in [-0.1, -0.05) is 0 Å². The Labute approximate surface area is 157 Å². The monoisotopic (exact) mass is 383 g/mol. The predicted octanol–water partition coefficient (Wildman–Crippen LogP) is 1.47. The Kier molecular flexibility index (Phi) is 4.85. The molecule has 7 heteroatoms. The summed E-state index contributed by atoms with van der Waals surface area (Å²) in [5, 5.41) is 3.48. The number of carbonyl (C=O) groups is 1. The van der Waals surface area contributed by atoms with Crippen molar-refractivity contribution in [3.05, 3.63) is 0 Å². The highest BCUT2D eigenvalue weighted by atomic mass is 32.2. The van der Waals surface area contributed by atoms with Crippen LogP contribution >= 0.6 is 0 Å². The van der Waals surface area contributed by atoms with Crippen LogP contribution in [0.4, 0.5) is 0 Å². The van der Waals surface area contributed by atoms with Crippen LogP contribution in [-0.4, -0.2) is 56.2 Å². The molecule has 5 rings (SSSR count). The molecule has 6 nitrogen and oxygen atoms in total. The Morgan fingerprint density at radius 3 is 2.00 bits per heavy atom. The highest BCUT2D eigenvalue weighted by molar-refractivity contribution is 7.88. The minimum atomic E-state index is -3.16. The fourth-order valence-corrected chi connectivity index (χ4v) is 7.34. The van der Waals surface area contributed by atoms with Gasteiger partial charge in [0.15, 0.2) is 0 Å². The van der Waals surface area contributed by atoms with E-state index in [2.05, 4.69) is 14.9 Å². The minimum Gasteiger partial charge on any atom is -0.349 e. The third kappa shape index (κ3) is 3.94. The largest absolute Gasteiger partial charge is 0.349 e. The second-order valence-corrected chi connectivity index (χ2v) is 11.3. The van der Waals surface area contributed by atoms with Gasteiger partial charge in [0, 0.05) is 24.7 Å². The molecular weight excluding hydrogens is 350 g/mol. The van der Waals surface area contributed by atoms with Crippen LogP contribution in [0.3, 0.4) is 0 Å². The smallest absolute Gasteiger partial charge is 0.237 e. The van der Waals surface area contributed by atoms with Crippen molar-refractivity contribution in [1.29, 1.82) is 0 Å². The first-order valence-corrected chi connectivity index (χ1v) is 12.1. The predicted molar refractivity (Wildman–Crippen MR) is 101 cm³/mol. The maximum atomic E-state index is 13.0. The fraction of sp³-hybridized carbons (Fsp3) is 0.947. The van der Waals surface area contributed by atoms with Gasteiger partial charge in [0.1, 0.15) is 0 Å². The lowest BCUT2D eigenvalue weighted by Crippen LogP contribution is -2.62. The lowest BCUT2D eigenvalue weighted by atomic mass is 9.53. The number of hydrogen-bond acceptors (Lipinski definition) is 4. The standard InChI is InChI=1S/C19H33N3O3S/c1-13(22-5-3-17(4-6-22)21-26(2,24)25)18(23)20-19-10-14-7-15(11-19)9-16(8-14)12-19/h13-17,21H,3-12H2,1-2H3,(H,20,23). The summed E-state index contributed by atoms with van der Waals surface area (Å²) in [6.45, 7) is 3.53. The summed E-state index contributed by atoms with van der Waals surface area (Å²) in [7, 11) is -3.16. The van der Waals surface area contributed by atoms with Gasteiger partial charge in [0.25, 0.3) is 0 Å². The summed E-state index contributed by atoms with van der Waals surface area (Å²) in [6, 6.07) is -0.137. The van der Waals surface area contributed by atoms with Crippen LogP contribution < -0.4 is 10.0 Å². The van der Waals surface area contributed by atoms with E-state index in [0.717, 1.165) is 43.7 Å². The first-order valence-electron chi connectivity index (χ1n) is 10.2. The number of likely N-dealkylation sites (tertiary alicyclic amines) is 1. The Balaban J connectivity index is 1.32. The molecule has 1 unspecified atom stereocenters. The number of carbonyl (C=O) groups excluding carboxylic acids is 1. The summed E-state index contributed by atoms with van der Waals surface area (Å²) in [5.41, 5.74) is 0.0657. The molecule has 0 spiro atoms.